The van der Waals surface area contributed by atoms with Crippen LogP contribution in [0.15, 0.2) is 12.4 Å². The van der Waals surface area contributed by atoms with E-state index in [4.69, 9.17) is 5.73 Å². The first kappa shape index (κ1) is 11.1. The van der Waals surface area contributed by atoms with Gasteiger partial charge >= 0.3 is 0 Å². The summed E-state index contributed by atoms with van der Waals surface area (Å²) in [5, 5.41) is 12.8. The fourth-order valence-electron chi connectivity index (χ4n) is 1.38. The Labute approximate surface area is 97.2 Å². The quantitative estimate of drug-likeness (QED) is 0.635. The van der Waals surface area contributed by atoms with Crippen LogP contribution in [0.3, 0.4) is 0 Å². The van der Waals surface area contributed by atoms with Crippen LogP contribution in [0.2, 0.25) is 0 Å². The summed E-state index contributed by atoms with van der Waals surface area (Å²) in [6, 6.07) is 0. The number of nitrogen functional groups attached to an aromatic ring is 1. The molecule has 4 N–H and O–H groups in total. The van der Waals surface area contributed by atoms with E-state index < -0.39 is 0 Å². The number of carbonyl (C=O) groups is 1. The molecule has 0 saturated heterocycles. The molecule has 0 aromatic carbocycles. The normalized spacial score (nSPS) is 10.4. The van der Waals surface area contributed by atoms with Gasteiger partial charge < -0.3 is 11.1 Å². The summed E-state index contributed by atoms with van der Waals surface area (Å²) in [6.07, 6.45) is 4.38. The van der Waals surface area contributed by atoms with Crippen molar-refractivity contribution < 1.29 is 4.79 Å². The van der Waals surface area contributed by atoms with Crippen LogP contribution >= 0.6 is 0 Å². The van der Waals surface area contributed by atoms with Crippen molar-refractivity contribution in [1.29, 1.82) is 0 Å². The van der Waals surface area contributed by atoms with E-state index in [0.29, 0.717) is 13.0 Å². The number of nitrogens with zero attached hydrogens (tertiary/aromatic N) is 4. The van der Waals surface area contributed by atoms with E-state index in [0.717, 1.165) is 5.56 Å². The number of anilines is 1. The van der Waals surface area contributed by atoms with Crippen LogP contribution < -0.4 is 11.1 Å². The molecule has 0 aliphatic heterocycles. The molecule has 8 heteroatoms. The molecule has 17 heavy (non-hydrogen) atoms. The first-order chi connectivity index (χ1) is 8.15. The summed E-state index contributed by atoms with van der Waals surface area (Å²) < 4.78 is 1.72. The van der Waals surface area contributed by atoms with E-state index in [2.05, 4.69) is 25.6 Å². The van der Waals surface area contributed by atoms with Gasteiger partial charge in [-0.2, -0.15) is 10.1 Å². The number of aryl methyl sites for hydroxylation is 1. The molecule has 2 aromatic rings. The van der Waals surface area contributed by atoms with Crippen LogP contribution in [-0.4, -0.2) is 37.4 Å². The fourth-order valence-corrected chi connectivity index (χ4v) is 1.38. The molecule has 0 fully saturated rings. The molecule has 8 nitrogen and oxygen atoms in total. The van der Waals surface area contributed by atoms with Gasteiger partial charge in [-0.1, -0.05) is 0 Å². The highest BCUT2D eigenvalue weighted by Crippen LogP contribution is 1.97. The summed E-state index contributed by atoms with van der Waals surface area (Å²) in [5.74, 6) is -0.144. The Kier molecular flexibility index (Phi) is 3.03. The van der Waals surface area contributed by atoms with Gasteiger partial charge in [0.15, 0.2) is 0 Å². The lowest BCUT2D eigenvalue weighted by molar-refractivity contribution is 0.0944. The average molecular weight is 235 g/mol. The van der Waals surface area contributed by atoms with E-state index in [1.807, 2.05) is 13.2 Å². The second kappa shape index (κ2) is 4.64. The number of hydrogen-bond acceptors (Lipinski definition) is 5. The Hall–Kier alpha value is -2.38. The zero-order valence-electron chi connectivity index (χ0n) is 9.34. The van der Waals surface area contributed by atoms with Crippen molar-refractivity contribution in [3.63, 3.8) is 0 Å². The number of hydrogen-bond donors (Lipinski definition) is 3. The van der Waals surface area contributed by atoms with E-state index >= 15 is 0 Å². The van der Waals surface area contributed by atoms with Gasteiger partial charge in [0.1, 0.15) is 0 Å². The third-order valence-electron chi connectivity index (χ3n) is 2.18. The second-order valence-corrected chi connectivity index (χ2v) is 3.57. The Balaban J connectivity index is 1.81. The molecule has 0 aliphatic carbocycles. The first-order valence-electron chi connectivity index (χ1n) is 5.09. The van der Waals surface area contributed by atoms with Gasteiger partial charge in [-0.05, 0) is 12.0 Å². The fraction of sp³-hybridized carbons (Fsp3) is 0.333. The lowest BCUT2D eigenvalue weighted by atomic mass is 10.2. The van der Waals surface area contributed by atoms with Crippen LogP contribution in [0.1, 0.15) is 16.2 Å². The molecule has 1 amide bonds. The second-order valence-electron chi connectivity index (χ2n) is 3.57. The van der Waals surface area contributed by atoms with Crippen LogP contribution in [0.4, 0.5) is 5.95 Å². The number of carbonyl (C=O) groups excluding carboxylic acids is 1. The number of amides is 1. The summed E-state index contributed by atoms with van der Waals surface area (Å²) in [4.78, 5) is 15.3. The highest BCUT2D eigenvalue weighted by atomic mass is 16.2. The highest BCUT2D eigenvalue weighted by molar-refractivity contribution is 5.90. The van der Waals surface area contributed by atoms with Gasteiger partial charge in [-0.15, -0.1) is 5.10 Å². The SMILES string of the molecule is Cn1cc(CCNC(=O)c2nc(N)n[nH]2)cn1. The van der Waals surface area contributed by atoms with Crippen molar-refractivity contribution in [3.05, 3.63) is 23.8 Å². The maximum Gasteiger partial charge on any atom is 0.288 e. The standard InChI is InChI=1S/C9H13N7O/c1-16-5-6(4-12-16)2-3-11-8(17)7-13-9(10)15-14-7/h4-5H,2-3H2,1H3,(H,11,17)(H3,10,13,14,15). The molecule has 0 aliphatic rings. The number of H-pyrrole nitrogens is 1. The monoisotopic (exact) mass is 235 g/mol. The molecule has 90 valence electrons. The molecule has 2 aromatic heterocycles. The Morgan fingerprint density at radius 1 is 1.65 bits per heavy atom. The Morgan fingerprint density at radius 2 is 2.47 bits per heavy atom. The number of nitrogens with one attached hydrogen (secondary N) is 2. The third-order valence-corrected chi connectivity index (χ3v) is 2.18. The Morgan fingerprint density at radius 3 is 3.06 bits per heavy atom. The summed E-state index contributed by atoms with van der Waals surface area (Å²) in [7, 11) is 1.85. The molecule has 0 bridgehead atoms. The lowest BCUT2D eigenvalue weighted by Crippen LogP contribution is -2.26. The van der Waals surface area contributed by atoms with Crippen molar-refractivity contribution in [1.82, 2.24) is 30.3 Å². The van der Waals surface area contributed by atoms with Crippen molar-refractivity contribution in [2.75, 3.05) is 12.3 Å². The summed E-state index contributed by atoms with van der Waals surface area (Å²) in [5.41, 5.74) is 6.35. The number of aromatic nitrogens is 5. The van der Waals surface area contributed by atoms with Gasteiger partial charge in [0.2, 0.25) is 11.8 Å². The minimum Gasteiger partial charge on any atom is -0.366 e. The number of aromatic amines is 1. The van der Waals surface area contributed by atoms with Crippen LogP contribution in [0.25, 0.3) is 0 Å². The summed E-state index contributed by atoms with van der Waals surface area (Å²) >= 11 is 0. The maximum atomic E-state index is 11.5. The van der Waals surface area contributed by atoms with E-state index in [1.165, 1.54) is 0 Å². The molecule has 0 radical (unpaired) electrons. The largest absolute Gasteiger partial charge is 0.366 e. The van der Waals surface area contributed by atoms with E-state index in [1.54, 1.807) is 10.9 Å². The van der Waals surface area contributed by atoms with Gasteiger partial charge in [-0.25, -0.2) is 0 Å². The van der Waals surface area contributed by atoms with Gasteiger partial charge in [0, 0.05) is 19.8 Å². The minimum absolute atomic E-state index is 0.0578. The van der Waals surface area contributed by atoms with E-state index in [-0.39, 0.29) is 17.7 Å². The van der Waals surface area contributed by atoms with Crippen LogP contribution in [-0.2, 0) is 13.5 Å². The van der Waals surface area contributed by atoms with Crippen molar-refractivity contribution in [2.24, 2.45) is 7.05 Å². The topological polar surface area (TPSA) is 115 Å². The van der Waals surface area contributed by atoms with Gasteiger partial charge in [0.25, 0.3) is 5.91 Å². The van der Waals surface area contributed by atoms with Gasteiger partial charge in [-0.3, -0.25) is 14.6 Å². The molecular weight excluding hydrogens is 222 g/mol. The van der Waals surface area contributed by atoms with Crippen LogP contribution in [0, 0.1) is 0 Å². The molecule has 0 unspecified atom stereocenters. The maximum absolute atomic E-state index is 11.5. The highest BCUT2D eigenvalue weighted by Gasteiger charge is 2.09. The van der Waals surface area contributed by atoms with Crippen molar-refractivity contribution >= 4 is 11.9 Å². The van der Waals surface area contributed by atoms with Crippen molar-refractivity contribution in [3.8, 4) is 0 Å². The average Bonchev–Trinajstić information content (AvgIpc) is 2.88. The van der Waals surface area contributed by atoms with Gasteiger partial charge in [0.05, 0.1) is 6.20 Å². The molecule has 2 rings (SSSR count). The number of rotatable bonds is 4. The molecule has 0 atom stereocenters. The summed E-state index contributed by atoms with van der Waals surface area (Å²) in [6.45, 7) is 0.505. The zero-order valence-corrected chi connectivity index (χ0v) is 9.34. The molecule has 0 spiro atoms. The van der Waals surface area contributed by atoms with Crippen molar-refractivity contribution in [2.45, 2.75) is 6.42 Å². The predicted molar refractivity (Wildman–Crippen MR) is 60.0 cm³/mol. The lowest BCUT2D eigenvalue weighted by Gasteiger charge is -2.00. The van der Waals surface area contributed by atoms with E-state index in [9.17, 15) is 4.79 Å². The third kappa shape index (κ3) is 2.80. The van der Waals surface area contributed by atoms with Crippen LogP contribution in [0.5, 0.6) is 0 Å². The number of nitrogens with two attached hydrogens (primary N) is 1. The molecule has 2 heterocycles. The Bertz CT molecular complexity index is 515. The molecule has 0 saturated carbocycles. The molecular formula is C9H13N7O. The predicted octanol–water partition coefficient (Wildman–Crippen LogP) is -0.907. The minimum atomic E-state index is -0.321. The zero-order chi connectivity index (χ0) is 12.3. The first-order valence-corrected chi connectivity index (χ1v) is 5.09. The smallest absolute Gasteiger partial charge is 0.288 e.